The van der Waals surface area contributed by atoms with Crippen LogP contribution in [0.25, 0.3) is 17.0 Å². The second-order valence-corrected chi connectivity index (χ2v) is 8.30. The molecule has 5 rings (SSSR count). The van der Waals surface area contributed by atoms with Gasteiger partial charge in [-0.2, -0.15) is 4.98 Å². The van der Waals surface area contributed by atoms with Crippen LogP contribution in [0.15, 0.2) is 83.0 Å². The zero-order valence-electron chi connectivity index (χ0n) is 19.5. The smallest absolute Gasteiger partial charge is 0.322 e. The zero-order valence-corrected chi connectivity index (χ0v) is 19.5. The van der Waals surface area contributed by atoms with Gasteiger partial charge in [0.1, 0.15) is 17.4 Å². The molecule has 1 N–H and O–H groups in total. The number of rotatable bonds is 6. The number of carbonyl (C=O) groups is 1. The van der Waals surface area contributed by atoms with E-state index in [-0.39, 0.29) is 30.1 Å². The number of aromatic nitrogens is 2. The minimum Gasteiger partial charge on any atom is -0.497 e. The number of allylic oxidation sites excluding steroid dienone is 1. The fourth-order valence-electron chi connectivity index (χ4n) is 4.17. The summed E-state index contributed by atoms with van der Waals surface area (Å²) < 4.78 is 38.2. The molecule has 1 atom stereocenters. The summed E-state index contributed by atoms with van der Waals surface area (Å²) in [7, 11) is 1.56. The molecule has 9 heteroatoms. The largest absolute Gasteiger partial charge is 0.497 e. The van der Waals surface area contributed by atoms with Gasteiger partial charge in [-0.15, -0.1) is 0 Å². The van der Waals surface area contributed by atoms with E-state index in [0.717, 1.165) is 11.1 Å². The van der Waals surface area contributed by atoms with Crippen LogP contribution in [0.3, 0.4) is 0 Å². The zero-order chi connectivity index (χ0) is 25.2. The minimum atomic E-state index is -0.613. The van der Waals surface area contributed by atoms with Crippen LogP contribution in [-0.2, 0) is 6.54 Å². The van der Waals surface area contributed by atoms with Crippen LogP contribution in [0.5, 0.6) is 5.75 Å². The van der Waals surface area contributed by atoms with Gasteiger partial charge in [-0.3, -0.25) is 4.90 Å². The molecule has 0 aliphatic carbocycles. The van der Waals surface area contributed by atoms with Crippen LogP contribution in [0, 0.1) is 11.6 Å². The number of urea groups is 1. The number of hydrogen-bond acceptors (Lipinski definition) is 5. The SMILES string of the molecule is COc1cccc(C2NC(=O)N(Cc3ccc(F)cc3)C(C)=C2c2nc(-c3cccc(F)c3)no2)c1. The van der Waals surface area contributed by atoms with Gasteiger partial charge < -0.3 is 14.6 Å². The molecule has 1 aromatic heterocycles. The van der Waals surface area contributed by atoms with Crippen molar-refractivity contribution in [2.75, 3.05) is 7.11 Å². The van der Waals surface area contributed by atoms with E-state index in [1.165, 1.54) is 29.2 Å². The Morgan fingerprint density at radius 3 is 2.56 bits per heavy atom. The number of halogens is 2. The highest BCUT2D eigenvalue weighted by Gasteiger charge is 2.36. The number of benzene rings is 3. The van der Waals surface area contributed by atoms with Crippen molar-refractivity contribution in [2.24, 2.45) is 0 Å². The van der Waals surface area contributed by atoms with Crippen molar-refractivity contribution in [2.45, 2.75) is 19.5 Å². The Labute approximate surface area is 206 Å². The molecule has 4 aromatic rings. The molecule has 1 aliphatic rings. The summed E-state index contributed by atoms with van der Waals surface area (Å²) in [4.78, 5) is 19.3. The van der Waals surface area contributed by atoms with Crippen LogP contribution in [-0.4, -0.2) is 28.2 Å². The molecule has 2 heterocycles. The maximum atomic E-state index is 13.8. The molecule has 36 heavy (non-hydrogen) atoms. The number of methoxy groups -OCH3 is 1. The molecule has 1 aliphatic heterocycles. The maximum absolute atomic E-state index is 13.8. The molecular formula is C27H22F2N4O3. The Balaban J connectivity index is 1.60. The summed E-state index contributed by atoms with van der Waals surface area (Å²) in [6, 6.07) is 18.2. The lowest BCUT2D eigenvalue weighted by atomic mass is 9.94. The lowest BCUT2D eigenvalue weighted by Crippen LogP contribution is -2.45. The summed E-state index contributed by atoms with van der Waals surface area (Å²) in [5.41, 5.74) is 3.13. The van der Waals surface area contributed by atoms with Gasteiger partial charge in [-0.25, -0.2) is 13.6 Å². The molecule has 7 nitrogen and oxygen atoms in total. The average Bonchev–Trinajstić information content (AvgIpc) is 3.37. The molecule has 0 saturated heterocycles. The molecular weight excluding hydrogens is 466 g/mol. The predicted octanol–water partition coefficient (Wildman–Crippen LogP) is 5.72. The summed E-state index contributed by atoms with van der Waals surface area (Å²) in [5.74, 6) is 0.251. The van der Waals surface area contributed by atoms with E-state index in [1.54, 1.807) is 44.4 Å². The number of hydrogen-bond donors (Lipinski definition) is 1. The van der Waals surface area contributed by atoms with Crippen molar-refractivity contribution >= 4 is 11.6 Å². The Kier molecular flexibility index (Phi) is 6.20. The summed E-state index contributed by atoms with van der Waals surface area (Å²) >= 11 is 0. The summed E-state index contributed by atoms with van der Waals surface area (Å²) in [5, 5.41) is 7.07. The lowest BCUT2D eigenvalue weighted by molar-refractivity contribution is 0.203. The van der Waals surface area contributed by atoms with Gasteiger partial charge in [0, 0.05) is 11.3 Å². The van der Waals surface area contributed by atoms with Crippen LogP contribution in [0.1, 0.15) is 30.0 Å². The van der Waals surface area contributed by atoms with Crippen LogP contribution in [0.4, 0.5) is 13.6 Å². The molecule has 0 bridgehead atoms. The van der Waals surface area contributed by atoms with Gasteiger partial charge in [0.2, 0.25) is 5.82 Å². The van der Waals surface area contributed by atoms with E-state index in [0.29, 0.717) is 22.6 Å². The van der Waals surface area contributed by atoms with E-state index in [9.17, 15) is 13.6 Å². The quantitative estimate of drug-likeness (QED) is 0.375. The molecule has 0 radical (unpaired) electrons. The molecule has 3 aromatic carbocycles. The monoisotopic (exact) mass is 488 g/mol. The molecule has 0 spiro atoms. The summed E-state index contributed by atoms with van der Waals surface area (Å²) in [6.07, 6.45) is 0. The van der Waals surface area contributed by atoms with Crippen molar-refractivity contribution in [3.63, 3.8) is 0 Å². The van der Waals surface area contributed by atoms with Crippen molar-refractivity contribution in [3.05, 3.63) is 107 Å². The normalized spacial score (nSPS) is 15.7. The van der Waals surface area contributed by atoms with E-state index < -0.39 is 11.9 Å². The average molecular weight is 488 g/mol. The number of nitrogens with one attached hydrogen (secondary N) is 1. The molecule has 2 amide bonds. The third-order valence-corrected chi connectivity index (χ3v) is 6.02. The van der Waals surface area contributed by atoms with E-state index in [4.69, 9.17) is 9.26 Å². The lowest BCUT2D eigenvalue weighted by Gasteiger charge is -2.35. The fraction of sp³-hybridized carbons (Fsp3) is 0.148. The Morgan fingerprint density at radius 2 is 1.81 bits per heavy atom. The minimum absolute atomic E-state index is 0.184. The number of amides is 2. The van der Waals surface area contributed by atoms with Crippen LogP contribution in [0.2, 0.25) is 0 Å². The first-order valence-electron chi connectivity index (χ1n) is 11.2. The molecule has 182 valence electrons. The maximum Gasteiger partial charge on any atom is 0.322 e. The van der Waals surface area contributed by atoms with Crippen molar-refractivity contribution in [3.8, 4) is 17.1 Å². The third-order valence-electron chi connectivity index (χ3n) is 6.02. The molecule has 0 fully saturated rings. The first-order valence-corrected chi connectivity index (χ1v) is 11.2. The standard InChI is InChI=1S/C27H22F2N4O3/c1-16-23(26-31-25(32-36-26)19-6-3-7-21(29)13-19)24(18-5-4-8-22(14-18)35-2)30-27(34)33(16)15-17-9-11-20(28)12-10-17/h3-14,24H,15H2,1-2H3,(H,30,34). The van der Waals surface area contributed by atoms with Crippen molar-refractivity contribution in [1.82, 2.24) is 20.4 Å². The third kappa shape index (κ3) is 4.55. The Hall–Kier alpha value is -4.53. The predicted molar refractivity (Wildman–Crippen MR) is 128 cm³/mol. The van der Waals surface area contributed by atoms with Crippen LogP contribution < -0.4 is 10.1 Å². The van der Waals surface area contributed by atoms with Crippen molar-refractivity contribution < 1.29 is 22.8 Å². The molecule has 1 unspecified atom stereocenters. The van der Waals surface area contributed by atoms with Gasteiger partial charge in [-0.1, -0.05) is 41.6 Å². The van der Waals surface area contributed by atoms with Gasteiger partial charge in [0.05, 0.1) is 25.3 Å². The highest BCUT2D eigenvalue weighted by Crippen LogP contribution is 2.38. The van der Waals surface area contributed by atoms with Gasteiger partial charge >= 0.3 is 6.03 Å². The van der Waals surface area contributed by atoms with Crippen LogP contribution >= 0.6 is 0 Å². The van der Waals surface area contributed by atoms with E-state index in [2.05, 4.69) is 15.5 Å². The first kappa shape index (κ1) is 23.2. The van der Waals surface area contributed by atoms with E-state index >= 15 is 0 Å². The highest BCUT2D eigenvalue weighted by atomic mass is 19.1. The van der Waals surface area contributed by atoms with E-state index in [1.807, 2.05) is 18.2 Å². The second-order valence-electron chi connectivity index (χ2n) is 8.30. The number of carbonyl (C=O) groups excluding carboxylic acids is 1. The number of nitrogens with zero attached hydrogens (tertiary/aromatic N) is 3. The van der Waals surface area contributed by atoms with Crippen molar-refractivity contribution in [1.29, 1.82) is 0 Å². The number of ether oxygens (including phenoxy) is 1. The fourth-order valence-corrected chi connectivity index (χ4v) is 4.17. The summed E-state index contributed by atoms with van der Waals surface area (Å²) in [6.45, 7) is 1.99. The Bertz CT molecular complexity index is 1450. The Morgan fingerprint density at radius 1 is 1.03 bits per heavy atom. The highest BCUT2D eigenvalue weighted by molar-refractivity contribution is 5.87. The van der Waals surface area contributed by atoms with Gasteiger partial charge in [0.25, 0.3) is 5.89 Å². The molecule has 0 saturated carbocycles. The topological polar surface area (TPSA) is 80.5 Å². The second kappa shape index (κ2) is 9.61. The first-order chi connectivity index (χ1) is 17.4. The van der Waals surface area contributed by atoms with Gasteiger partial charge in [0.15, 0.2) is 0 Å². The van der Waals surface area contributed by atoms with Gasteiger partial charge in [-0.05, 0) is 54.4 Å².